The average Bonchev–Trinajstić information content (AvgIpc) is 2.74. The molecule has 0 fully saturated rings. The van der Waals surface area contributed by atoms with Crippen LogP contribution in [0.4, 0.5) is 10.3 Å². The van der Waals surface area contributed by atoms with Gasteiger partial charge in [0, 0.05) is 39.8 Å². The van der Waals surface area contributed by atoms with Crippen LogP contribution in [0.2, 0.25) is 0 Å². The van der Waals surface area contributed by atoms with Crippen molar-refractivity contribution in [2.45, 2.75) is 13.1 Å². The first-order chi connectivity index (χ1) is 9.09. The highest BCUT2D eigenvalue weighted by Crippen LogP contribution is 2.11. The molecule has 4 nitrogen and oxygen atoms in total. The van der Waals surface area contributed by atoms with Gasteiger partial charge in [-0.25, -0.2) is 9.37 Å². The van der Waals surface area contributed by atoms with E-state index in [1.165, 1.54) is 6.07 Å². The normalized spacial score (nSPS) is 10.7. The first kappa shape index (κ1) is 13.5. The van der Waals surface area contributed by atoms with E-state index in [9.17, 15) is 4.39 Å². The standard InChI is InChI=1S/C14H19FN4/c1-18(2)14-17-10-12(19(14)3)9-16-8-11-6-4-5-7-13(11)15/h4-7,10,16H,8-9H2,1-3H3. The van der Waals surface area contributed by atoms with Gasteiger partial charge in [-0.3, -0.25) is 0 Å². The number of halogens is 1. The summed E-state index contributed by atoms with van der Waals surface area (Å²) in [5.41, 5.74) is 1.75. The first-order valence-electron chi connectivity index (χ1n) is 6.21. The molecule has 0 aliphatic rings. The first-order valence-corrected chi connectivity index (χ1v) is 6.21. The molecule has 1 heterocycles. The molecule has 2 rings (SSSR count). The molecule has 0 bridgehead atoms. The largest absolute Gasteiger partial charge is 0.348 e. The van der Waals surface area contributed by atoms with Crippen LogP contribution in [0.25, 0.3) is 0 Å². The van der Waals surface area contributed by atoms with Gasteiger partial charge in [-0.05, 0) is 6.07 Å². The number of hydrogen-bond acceptors (Lipinski definition) is 3. The van der Waals surface area contributed by atoms with Gasteiger partial charge in [0.15, 0.2) is 0 Å². The number of nitrogens with zero attached hydrogens (tertiary/aromatic N) is 3. The minimum absolute atomic E-state index is 0.172. The molecule has 5 heteroatoms. The van der Waals surface area contributed by atoms with Crippen LogP contribution in [0, 0.1) is 5.82 Å². The third-order valence-corrected chi connectivity index (χ3v) is 3.04. The lowest BCUT2D eigenvalue weighted by Crippen LogP contribution is -2.18. The van der Waals surface area contributed by atoms with Gasteiger partial charge in [-0.2, -0.15) is 0 Å². The predicted molar refractivity (Wildman–Crippen MR) is 74.5 cm³/mol. The summed E-state index contributed by atoms with van der Waals surface area (Å²) in [6.07, 6.45) is 1.84. The molecule has 0 atom stereocenters. The Kier molecular flexibility index (Phi) is 4.16. The predicted octanol–water partition coefficient (Wildman–Crippen LogP) is 1.91. The van der Waals surface area contributed by atoms with Crippen LogP contribution in [-0.4, -0.2) is 23.6 Å². The summed E-state index contributed by atoms with van der Waals surface area (Å²) in [7, 11) is 5.89. The molecule has 1 aromatic carbocycles. The molecule has 0 unspecified atom stereocenters. The lowest BCUT2D eigenvalue weighted by molar-refractivity contribution is 0.582. The highest BCUT2D eigenvalue weighted by Gasteiger charge is 2.07. The smallest absolute Gasteiger partial charge is 0.204 e. The van der Waals surface area contributed by atoms with Crippen LogP contribution in [0.5, 0.6) is 0 Å². The van der Waals surface area contributed by atoms with Crippen LogP contribution < -0.4 is 10.2 Å². The lowest BCUT2D eigenvalue weighted by atomic mass is 10.2. The van der Waals surface area contributed by atoms with Gasteiger partial charge >= 0.3 is 0 Å². The fourth-order valence-electron chi connectivity index (χ4n) is 1.98. The Labute approximate surface area is 112 Å². The molecule has 1 N–H and O–H groups in total. The van der Waals surface area contributed by atoms with Gasteiger partial charge in [0.25, 0.3) is 0 Å². The second-order valence-electron chi connectivity index (χ2n) is 4.70. The van der Waals surface area contributed by atoms with Crippen molar-refractivity contribution < 1.29 is 4.39 Å². The Morgan fingerprint density at radius 3 is 2.63 bits per heavy atom. The highest BCUT2D eigenvalue weighted by molar-refractivity contribution is 5.31. The van der Waals surface area contributed by atoms with Gasteiger partial charge in [-0.1, -0.05) is 18.2 Å². The molecule has 2 aromatic rings. The van der Waals surface area contributed by atoms with Gasteiger partial charge in [0.05, 0.1) is 11.9 Å². The SMILES string of the molecule is CN(C)c1ncc(CNCc2ccccc2F)n1C. The fourth-order valence-corrected chi connectivity index (χ4v) is 1.98. The van der Waals surface area contributed by atoms with Gasteiger partial charge in [0.2, 0.25) is 5.95 Å². The molecule has 1 aromatic heterocycles. The molecule has 0 spiro atoms. The molecule has 0 aliphatic carbocycles. The third-order valence-electron chi connectivity index (χ3n) is 3.04. The van der Waals surface area contributed by atoms with E-state index in [1.807, 2.05) is 42.9 Å². The Bertz CT molecular complexity index is 548. The highest BCUT2D eigenvalue weighted by atomic mass is 19.1. The summed E-state index contributed by atoms with van der Waals surface area (Å²) in [5.74, 6) is 0.733. The third kappa shape index (κ3) is 3.12. The summed E-state index contributed by atoms with van der Waals surface area (Å²) in [4.78, 5) is 6.29. The van der Waals surface area contributed by atoms with Crippen molar-refractivity contribution >= 4 is 5.95 Å². The van der Waals surface area contributed by atoms with Gasteiger partial charge in [-0.15, -0.1) is 0 Å². The molecule has 0 amide bonds. The van der Waals surface area contributed by atoms with Crippen molar-refractivity contribution in [3.05, 3.63) is 47.5 Å². The number of nitrogens with one attached hydrogen (secondary N) is 1. The number of rotatable bonds is 5. The maximum Gasteiger partial charge on any atom is 0.204 e. The van der Waals surface area contributed by atoms with Gasteiger partial charge < -0.3 is 14.8 Å². The van der Waals surface area contributed by atoms with Crippen molar-refractivity contribution in [1.82, 2.24) is 14.9 Å². The van der Waals surface area contributed by atoms with Crippen LogP contribution >= 0.6 is 0 Å². The Morgan fingerprint density at radius 2 is 2.00 bits per heavy atom. The average molecular weight is 262 g/mol. The van der Waals surface area contributed by atoms with Crippen molar-refractivity contribution in [1.29, 1.82) is 0 Å². The Balaban J connectivity index is 1.95. The summed E-state index contributed by atoms with van der Waals surface area (Å²) in [6, 6.07) is 6.81. The van der Waals surface area contributed by atoms with Crippen molar-refractivity contribution in [3.63, 3.8) is 0 Å². The number of imidazole rings is 1. The van der Waals surface area contributed by atoms with Crippen LogP contribution in [-0.2, 0) is 20.1 Å². The van der Waals surface area contributed by atoms with Gasteiger partial charge in [0.1, 0.15) is 5.82 Å². The van der Waals surface area contributed by atoms with E-state index in [0.29, 0.717) is 18.7 Å². The topological polar surface area (TPSA) is 33.1 Å². The maximum atomic E-state index is 13.4. The van der Waals surface area contributed by atoms with Crippen LogP contribution in [0.15, 0.2) is 30.5 Å². The quantitative estimate of drug-likeness (QED) is 0.893. The molecular weight excluding hydrogens is 243 g/mol. The monoisotopic (exact) mass is 262 g/mol. The minimum Gasteiger partial charge on any atom is -0.348 e. The molecule has 102 valence electrons. The summed E-state index contributed by atoms with van der Waals surface area (Å²) < 4.78 is 15.5. The van der Waals surface area contributed by atoms with E-state index in [-0.39, 0.29) is 5.82 Å². The van der Waals surface area contributed by atoms with E-state index in [2.05, 4.69) is 10.3 Å². The van der Waals surface area contributed by atoms with E-state index in [4.69, 9.17) is 0 Å². The van der Waals surface area contributed by atoms with Crippen LogP contribution in [0.1, 0.15) is 11.3 Å². The Morgan fingerprint density at radius 1 is 1.26 bits per heavy atom. The van der Waals surface area contributed by atoms with E-state index >= 15 is 0 Å². The summed E-state index contributed by atoms with van der Waals surface area (Å²) in [5, 5.41) is 3.23. The fraction of sp³-hybridized carbons (Fsp3) is 0.357. The zero-order valence-electron chi connectivity index (χ0n) is 11.5. The lowest BCUT2D eigenvalue weighted by Gasteiger charge is -2.13. The zero-order chi connectivity index (χ0) is 13.8. The van der Waals surface area contributed by atoms with E-state index in [0.717, 1.165) is 11.6 Å². The molecule has 0 aliphatic heterocycles. The molecule has 0 saturated carbocycles. The molecule has 0 radical (unpaired) electrons. The zero-order valence-corrected chi connectivity index (χ0v) is 11.5. The van der Waals surface area contributed by atoms with Crippen LogP contribution in [0.3, 0.4) is 0 Å². The second-order valence-corrected chi connectivity index (χ2v) is 4.70. The van der Waals surface area contributed by atoms with Crippen molar-refractivity contribution in [2.24, 2.45) is 7.05 Å². The number of aromatic nitrogens is 2. The summed E-state index contributed by atoms with van der Waals surface area (Å²) >= 11 is 0. The van der Waals surface area contributed by atoms with Crippen molar-refractivity contribution in [3.8, 4) is 0 Å². The number of hydrogen-bond donors (Lipinski definition) is 1. The maximum absolute atomic E-state index is 13.4. The Hall–Kier alpha value is -1.88. The van der Waals surface area contributed by atoms with E-state index in [1.54, 1.807) is 12.1 Å². The number of anilines is 1. The second kappa shape index (κ2) is 5.84. The van der Waals surface area contributed by atoms with Crippen molar-refractivity contribution in [2.75, 3.05) is 19.0 Å². The molecule has 0 saturated heterocycles. The summed E-state index contributed by atoms with van der Waals surface area (Å²) in [6.45, 7) is 1.17. The minimum atomic E-state index is -0.172. The number of benzene rings is 1. The molecule has 19 heavy (non-hydrogen) atoms. The molecular formula is C14H19FN4. The van der Waals surface area contributed by atoms with E-state index < -0.39 is 0 Å².